The molecule has 17 heavy (non-hydrogen) atoms. The largest absolute Gasteiger partial charge is 0.478 e. The number of hydrogen-bond acceptors (Lipinski definition) is 5. The van der Waals surface area contributed by atoms with Crippen molar-refractivity contribution in [2.24, 2.45) is 0 Å². The maximum Gasteiger partial charge on any atom is 0.340 e. The van der Waals surface area contributed by atoms with Crippen LogP contribution in [0.1, 0.15) is 16.8 Å². The molecule has 1 saturated heterocycles. The van der Waals surface area contributed by atoms with E-state index in [9.17, 15) is 18.3 Å². The quantitative estimate of drug-likeness (QED) is 0.632. The van der Waals surface area contributed by atoms with E-state index in [-0.39, 0.29) is 13.1 Å². The summed E-state index contributed by atoms with van der Waals surface area (Å²) in [7, 11) is -3.93. The molecule has 2 heterocycles. The number of carbonyl (C=O) groups is 1. The Labute approximate surface area is 96.9 Å². The molecule has 0 radical (unpaired) electrons. The summed E-state index contributed by atoms with van der Waals surface area (Å²) in [6.45, 7) is 0.141. The fourth-order valence-electron chi connectivity index (χ4n) is 1.68. The van der Waals surface area contributed by atoms with Crippen LogP contribution in [0.3, 0.4) is 0 Å². The van der Waals surface area contributed by atoms with Crippen molar-refractivity contribution in [2.45, 2.75) is 17.6 Å². The van der Waals surface area contributed by atoms with Crippen molar-refractivity contribution in [1.82, 2.24) is 14.5 Å². The molecule has 0 bridgehead atoms. The summed E-state index contributed by atoms with van der Waals surface area (Å²) in [5.74, 6) is -1.36. The third-order valence-corrected chi connectivity index (χ3v) is 4.40. The number of sulfonamides is 1. The van der Waals surface area contributed by atoms with Crippen LogP contribution in [0, 0.1) is 0 Å². The van der Waals surface area contributed by atoms with Crippen molar-refractivity contribution >= 4 is 16.0 Å². The molecule has 1 atom stereocenters. The molecule has 0 spiro atoms. The van der Waals surface area contributed by atoms with Gasteiger partial charge >= 0.3 is 5.97 Å². The van der Waals surface area contributed by atoms with E-state index in [1.54, 1.807) is 0 Å². The van der Waals surface area contributed by atoms with Crippen molar-refractivity contribution in [3.05, 3.63) is 11.8 Å². The first-order valence-electron chi connectivity index (χ1n) is 4.88. The van der Waals surface area contributed by atoms with Crippen molar-refractivity contribution in [3.8, 4) is 0 Å². The van der Waals surface area contributed by atoms with E-state index >= 15 is 0 Å². The Morgan fingerprint density at radius 3 is 2.82 bits per heavy atom. The summed E-state index contributed by atoms with van der Waals surface area (Å²) >= 11 is 0. The van der Waals surface area contributed by atoms with Gasteiger partial charge in [0.05, 0.1) is 12.3 Å². The van der Waals surface area contributed by atoms with Gasteiger partial charge in [-0.1, -0.05) is 0 Å². The van der Waals surface area contributed by atoms with Crippen LogP contribution < -0.4 is 0 Å². The number of rotatable bonds is 3. The molecule has 0 aliphatic carbocycles. The number of carboxylic acids is 1. The van der Waals surface area contributed by atoms with Crippen LogP contribution in [-0.2, 0) is 10.0 Å². The molecule has 0 saturated carbocycles. The first-order chi connectivity index (χ1) is 7.93. The van der Waals surface area contributed by atoms with Gasteiger partial charge in [-0.15, -0.1) is 0 Å². The summed E-state index contributed by atoms with van der Waals surface area (Å²) < 4.78 is 25.1. The Hall–Kier alpha value is -1.45. The number of β-amino-alcohol motifs (C(OH)–C–C–N with tert-alkyl or cyclic N) is 1. The second-order valence-corrected chi connectivity index (χ2v) is 5.60. The first-order valence-corrected chi connectivity index (χ1v) is 6.32. The van der Waals surface area contributed by atoms with Gasteiger partial charge in [0.25, 0.3) is 10.0 Å². The van der Waals surface area contributed by atoms with Gasteiger partial charge in [-0.2, -0.15) is 9.40 Å². The second-order valence-electron chi connectivity index (χ2n) is 3.72. The van der Waals surface area contributed by atoms with Gasteiger partial charge in [0.2, 0.25) is 0 Å². The van der Waals surface area contributed by atoms with Crippen LogP contribution in [0.15, 0.2) is 11.2 Å². The molecule has 9 heteroatoms. The molecule has 0 amide bonds. The van der Waals surface area contributed by atoms with Crippen molar-refractivity contribution in [2.75, 3.05) is 13.1 Å². The number of aliphatic hydroxyl groups excluding tert-OH is 1. The molecule has 1 aromatic heterocycles. The van der Waals surface area contributed by atoms with E-state index in [2.05, 4.69) is 10.2 Å². The van der Waals surface area contributed by atoms with E-state index < -0.39 is 32.7 Å². The Kier molecular flexibility index (Phi) is 2.89. The number of hydrogen-bond donors (Lipinski definition) is 3. The zero-order chi connectivity index (χ0) is 12.6. The highest BCUT2D eigenvalue weighted by molar-refractivity contribution is 7.89. The predicted molar refractivity (Wildman–Crippen MR) is 54.9 cm³/mol. The second kappa shape index (κ2) is 4.09. The number of nitrogens with zero attached hydrogens (tertiary/aromatic N) is 2. The molecular formula is C8H11N3O5S. The molecule has 0 aromatic carbocycles. The molecule has 1 aromatic rings. The lowest BCUT2D eigenvalue weighted by Gasteiger charge is -2.14. The van der Waals surface area contributed by atoms with Gasteiger partial charge in [0.15, 0.2) is 5.03 Å². The standard InChI is InChI=1S/C8H11N3O5S/c12-5-1-2-11(4-5)17(15,16)7-6(8(13)14)3-9-10-7/h3,5,12H,1-2,4H2,(H,9,10)(H,13,14)/t5-/m0/s1. The predicted octanol–water partition coefficient (Wildman–Crippen LogP) is -1.14. The highest BCUT2D eigenvalue weighted by Crippen LogP contribution is 2.21. The Balaban J connectivity index is 2.38. The van der Waals surface area contributed by atoms with Gasteiger partial charge < -0.3 is 10.2 Å². The molecule has 1 aliphatic rings. The van der Waals surface area contributed by atoms with Crippen molar-refractivity contribution in [1.29, 1.82) is 0 Å². The van der Waals surface area contributed by atoms with E-state index in [1.165, 1.54) is 0 Å². The maximum absolute atomic E-state index is 12.0. The maximum atomic E-state index is 12.0. The SMILES string of the molecule is O=C(O)c1cn[nH]c1S(=O)(=O)N1CC[C@H](O)C1. The van der Waals surface area contributed by atoms with E-state index in [0.29, 0.717) is 6.42 Å². The highest BCUT2D eigenvalue weighted by atomic mass is 32.2. The molecule has 1 aliphatic heterocycles. The molecule has 0 unspecified atom stereocenters. The van der Waals surface area contributed by atoms with Gasteiger partial charge in [0, 0.05) is 13.1 Å². The van der Waals surface area contributed by atoms with Gasteiger partial charge in [-0.05, 0) is 6.42 Å². The third-order valence-electron chi connectivity index (χ3n) is 2.56. The van der Waals surface area contributed by atoms with Crippen molar-refractivity contribution in [3.63, 3.8) is 0 Å². The number of aromatic nitrogens is 2. The lowest BCUT2D eigenvalue weighted by molar-refractivity contribution is 0.0692. The van der Waals surface area contributed by atoms with Crippen LogP contribution in [0.4, 0.5) is 0 Å². The summed E-state index contributed by atoms with van der Waals surface area (Å²) in [4.78, 5) is 10.8. The van der Waals surface area contributed by atoms with E-state index in [4.69, 9.17) is 5.11 Å². The molecule has 3 N–H and O–H groups in total. The van der Waals surface area contributed by atoms with Crippen LogP contribution in [-0.4, -0.2) is 58.3 Å². The molecule has 94 valence electrons. The first kappa shape index (κ1) is 12.0. The van der Waals surface area contributed by atoms with Gasteiger partial charge in [-0.25, -0.2) is 13.2 Å². The van der Waals surface area contributed by atoms with Gasteiger partial charge in [0.1, 0.15) is 5.56 Å². The smallest absolute Gasteiger partial charge is 0.340 e. The minimum atomic E-state index is -3.93. The average molecular weight is 261 g/mol. The van der Waals surface area contributed by atoms with Crippen LogP contribution in [0.25, 0.3) is 0 Å². The Morgan fingerprint density at radius 1 is 1.59 bits per heavy atom. The normalized spacial score (nSPS) is 21.8. The third kappa shape index (κ3) is 2.04. The van der Waals surface area contributed by atoms with Crippen molar-refractivity contribution < 1.29 is 23.4 Å². The molecule has 1 fully saturated rings. The topological polar surface area (TPSA) is 124 Å². The molecular weight excluding hydrogens is 250 g/mol. The highest BCUT2D eigenvalue weighted by Gasteiger charge is 2.35. The number of nitrogens with one attached hydrogen (secondary N) is 1. The number of carboxylic acid groups (broad SMARTS) is 1. The van der Waals surface area contributed by atoms with Crippen LogP contribution in [0.2, 0.25) is 0 Å². The summed E-state index contributed by atoms with van der Waals surface area (Å²) in [6.07, 6.45) is 0.582. The summed E-state index contributed by atoms with van der Waals surface area (Å²) in [5.41, 5.74) is -0.397. The minimum absolute atomic E-state index is 0.0274. The fraction of sp³-hybridized carbons (Fsp3) is 0.500. The summed E-state index contributed by atoms with van der Waals surface area (Å²) in [6, 6.07) is 0. The van der Waals surface area contributed by atoms with Crippen LogP contribution in [0.5, 0.6) is 0 Å². The number of H-pyrrole nitrogens is 1. The minimum Gasteiger partial charge on any atom is -0.478 e. The summed E-state index contributed by atoms with van der Waals surface area (Å²) in [5, 5.41) is 23.3. The number of aromatic carboxylic acids is 1. The lowest BCUT2D eigenvalue weighted by atomic mass is 10.3. The average Bonchev–Trinajstić information content (AvgIpc) is 2.84. The monoisotopic (exact) mass is 261 g/mol. The van der Waals surface area contributed by atoms with E-state index in [0.717, 1.165) is 10.5 Å². The molecule has 8 nitrogen and oxygen atoms in total. The zero-order valence-corrected chi connectivity index (χ0v) is 9.51. The van der Waals surface area contributed by atoms with E-state index in [1.807, 2.05) is 0 Å². The Morgan fingerprint density at radius 2 is 2.29 bits per heavy atom. The Bertz CT molecular complexity index is 537. The molecule has 2 rings (SSSR count). The zero-order valence-electron chi connectivity index (χ0n) is 8.70. The van der Waals surface area contributed by atoms with Gasteiger partial charge in [-0.3, -0.25) is 5.10 Å². The number of aromatic amines is 1. The lowest BCUT2D eigenvalue weighted by Crippen LogP contribution is -2.31. The number of aliphatic hydroxyl groups is 1. The van der Waals surface area contributed by atoms with Crippen LogP contribution >= 0.6 is 0 Å². The fourth-order valence-corrected chi connectivity index (χ4v) is 3.24.